The maximum atomic E-state index is 11.7. The van der Waals surface area contributed by atoms with Gasteiger partial charge in [-0.05, 0) is 57.6 Å². The van der Waals surface area contributed by atoms with Crippen LogP contribution in [0.2, 0.25) is 0 Å². The lowest BCUT2D eigenvalue weighted by molar-refractivity contribution is -0.146. The fourth-order valence-corrected chi connectivity index (χ4v) is 2.04. The highest BCUT2D eigenvalue weighted by molar-refractivity contribution is 5.92. The molecule has 0 bridgehead atoms. The van der Waals surface area contributed by atoms with E-state index in [1.54, 1.807) is 12.1 Å². The molecule has 1 aromatic carbocycles. The van der Waals surface area contributed by atoms with Crippen LogP contribution in [0.15, 0.2) is 24.3 Å². The molecule has 1 aromatic rings. The summed E-state index contributed by atoms with van der Waals surface area (Å²) in [5.74, 6) is -1.83. The van der Waals surface area contributed by atoms with Crippen molar-refractivity contribution in [3.05, 3.63) is 29.8 Å². The van der Waals surface area contributed by atoms with Crippen molar-refractivity contribution in [1.29, 1.82) is 0 Å². The fraction of sp³-hybridized carbons (Fsp3) is 0.529. The van der Waals surface area contributed by atoms with E-state index in [-0.39, 0.29) is 24.3 Å². The summed E-state index contributed by atoms with van der Waals surface area (Å²) in [6.07, 6.45) is 0.398. The SMILES string of the molecule is O=C(OCCCNCCCNCC[C@H](O)C(=O)O)c1ccccc1O. The smallest absolute Gasteiger partial charge is 0.341 e. The van der Waals surface area contributed by atoms with Gasteiger partial charge in [0.05, 0.1) is 6.61 Å². The lowest BCUT2D eigenvalue weighted by Crippen LogP contribution is -2.28. The number of carboxylic acid groups (broad SMARTS) is 1. The van der Waals surface area contributed by atoms with Crippen molar-refractivity contribution in [2.24, 2.45) is 0 Å². The molecular weight excluding hydrogens is 328 g/mol. The molecule has 8 heteroatoms. The number of rotatable bonds is 13. The zero-order valence-corrected chi connectivity index (χ0v) is 14.1. The van der Waals surface area contributed by atoms with Gasteiger partial charge in [-0.2, -0.15) is 0 Å². The van der Waals surface area contributed by atoms with Crippen LogP contribution < -0.4 is 10.6 Å². The summed E-state index contributed by atoms with van der Waals surface area (Å²) in [7, 11) is 0. The Kier molecular flexibility index (Phi) is 10.2. The average Bonchev–Trinajstić information content (AvgIpc) is 2.59. The molecule has 0 unspecified atom stereocenters. The van der Waals surface area contributed by atoms with Gasteiger partial charge in [0, 0.05) is 0 Å². The van der Waals surface area contributed by atoms with Crippen molar-refractivity contribution in [2.75, 3.05) is 32.8 Å². The average molecular weight is 354 g/mol. The molecule has 0 amide bonds. The molecule has 25 heavy (non-hydrogen) atoms. The second-order valence-corrected chi connectivity index (χ2v) is 5.50. The van der Waals surface area contributed by atoms with Crippen molar-refractivity contribution in [2.45, 2.75) is 25.4 Å². The monoisotopic (exact) mass is 354 g/mol. The third-order valence-corrected chi connectivity index (χ3v) is 3.44. The number of aromatic hydroxyl groups is 1. The molecule has 0 saturated heterocycles. The number of hydrogen-bond donors (Lipinski definition) is 5. The molecule has 0 saturated carbocycles. The zero-order chi connectivity index (χ0) is 18.5. The Labute approximate surface area is 146 Å². The minimum atomic E-state index is -1.31. The highest BCUT2D eigenvalue weighted by atomic mass is 16.5. The van der Waals surface area contributed by atoms with Crippen LogP contribution in [0.3, 0.4) is 0 Å². The fourth-order valence-electron chi connectivity index (χ4n) is 2.04. The summed E-state index contributed by atoms with van der Waals surface area (Å²) in [6, 6.07) is 6.25. The van der Waals surface area contributed by atoms with E-state index in [1.807, 2.05) is 0 Å². The summed E-state index contributed by atoms with van der Waals surface area (Å²) in [5.41, 5.74) is 0.162. The molecule has 0 aliphatic rings. The van der Waals surface area contributed by atoms with E-state index in [0.717, 1.165) is 19.5 Å². The number of para-hydroxylation sites is 1. The van der Waals surface area contributed by atoms with Crippen LogP contribution in [0.25, 0.3) is 0 Å². The Morgan fingerprint density at radius 1 is 1.04 bits per heavy atom. The number of carbonyl (C=O) groups excluding carboxylic acids is 1. The first kappa shape index (κ1) is 20.9. The standard InChI is InChI=1S/C17H26N2O6/c20-14-6-2-1-5-13(14)17(24)25-12-4-10-18-8-3-9-19-11-7-15(21)16(22)23/h1-2,5-6,15,18-21H,3-4,7-12H2,(H,22,23)/t15-/m0/s1. The van der Waals surface area contributed by atoms with Gasteiger partial charge in [-0.15, -0.1) is 0 Å². The maximum absolute atomic E-state index is 11.7. The lowest BCUT2D eigenvalue weighted by atomic mass is 10.2. The second-order valence-electron chi connectivity index (χ2n) is 5.50. The second kappa shape index (κ2) is 12.2. The Balaban J connectivity index is 1.93. The molecule has 0 spiro atoms. The molecule has 0 aromatic heterocycles. The van der Waals surface area contributed by atoms with E-state index < -0.39 is 18.0 Å². The van der Waals surface area contributed by atoms with E-state index in [1.165, 1.54) is 12.1 Å². The van der Waals surface area contributed by atoms with Crippen molar-refractivity contribution in [1.82, 2.24) is 10.6 Å². The van der Waals surface area contributed by atoms with Gasteiger partial charge in [0.15, 0.2) is 6.10 Å². The molecule has 0 fully saturated rings. The summed E-state index contributed by atoms with van der Waals surface area (Å²) < 4.78 is 5.09. The summed E-state index contributed by atoms with van der Waals surface area (Å²) in [5, 5.41) is 33.4. The van der Waals surface area contributed by atoms with Crippen molar-refractivity contribution < 1.29 is 29.6 Å². The number of ether oxygens (including phenoxy) is 1. The highest BCUT2D eigenvalue weighted by Gasteiger charge is 2.12. The summed E-state index contributed by atoms with van der Waals surface area (Å²) in [4.78, 5) is 22.1. The van der Waals surface area contributed by atoms with Gasteiger partial charge in [0.25, 0.3) is 0 Å². The van der Waals surface area contributed by atoms with E-state index >= 15 is 0 Å². The predicted octanol–water partition coefficient (Wildman–Crippen LogP) is 0.344. The molecule has 8 nitrogen and oxygen atoms in total. The molecule has 0 aliphatic heterocycles. The Morgan fingerprint density at radius 3 is 2.36 bits per heavy atom. The molecule has 1 atom stereocenters. The van der Waals surface area contributed by atoms with E-state index in [2.05, 4.69) is 10.6 Å². The molecule has 0 heterocycles. The molecule has 1 rings (SSSR count). The van der Waals surface area contributed by atoms with Crippen LogP contribution in [0.1, 0.15) is 29.6 Å². The van der Waals surface area contributed by atoms with Gasteiger partial charge in [-0.25, -0.2) is 9.59 Å². The van der Waals surface area contributed by atoms with Gasteiger partial charge in [-0.1, -0.05) is 12.1 Å². The molecule has 5 N–H and O–H groups in total. The molecule has 0 aliphatic carbocycles. The number of carboxylic acids is 1. The van der Waals surface area contributed by atoms with Crippen LogP contribution >= 0.6 is 0 Å². The number of phenolic OH excluding ortho intramolecular Hbond substituents is 1. The number of aliphatic carboxylic acids is 1. The van der Waals surface area contributed by atoms with E-state index in [9.17, 15) is 14.7 Å². The van der Waals surface area contributed by atoms with Crippen LogP contribution in [0, 0.1) is 0 Å². The minimum absolute atomic E-state index is 0.0889. The maximum Gasteiger partial charge on any atom is 0.341 e. The third kappa shape index (κ3) is 9.04. The molecule has 0 radical (unpaired) electrons. The number of hydrogen-bond acceptors (Lipinski definition) is 7. The minimum Gasteiger partial charge on any atom is -0.507 e. The van der Waals surface area contributed by atoms with Gasteiger partial charge in [0.2, 0.25) is 0 Å². The van der Waals surface area contributed by atoms with Gasteiger partial charge >= 0.3 is 11.9 Å². The van der Waals surface area contributed by atoms with Crippen LogP contribution in [0.5, 0.6) is 5.75 Å². The number of carbonyl (C=O) groups is 2. The van der Waals surface area contributed by atoms with E-state index in [0.29, 0.717) is 19.5 Å². The third-order valence-electron chi connectivity index (χ3n) is 3.44. The quantitative estimate of drug-likeness (QED) is 0.253. The Bertz CT molecular complexity index is 538. The Hall–Kier alpha value is -2.16. The number of aliphatic hydroxyl groups is 1. The van der Waals surface area contributed by atoms with Gasteiger partial charge in [0.1, 0.15) is 11.3 Å². The number of aliphatic hydroxyl groups excluding tert-OH is 1. The van der Waals surface area contributed by atoms with Crippen LogP contribution in [-0.4, -0.2) is 66.1 Å². The van der Waals surface area contributed by atoms with Gasteiger partial charge in [-0.3, -0.25) is 0 Å². The first-order valence-corrected chi connectivity index (χ1v) is 8.29. The van der Waals surface area contributed by atoms with Crippen molar-refractivity contribution in [3.8, 4) is 5.75 Å². The Morgan fingerprint density at radius 2 is 1.68 bits per heavy atom. The number of phenols is 1. The van der Waals surface area contributed by atoms with E-state index in [4.69, 9.17) is 14.9 Å². The number of nitrogens with one attached hydrogen (secondary N) is 2. The number of benzene rings is 1. The van der Waals surface area contributed by atoms with Crippen LogP contribution in [0.4, 0.5) is 0 Å². The highest BCUT2D eigenvalue weighted by Crippen LogP contribution is 2.16. The van der Waals surface area contributed by atoms with Crippen molar-refractivity contribution >= 4 is 11.9 Å². The summed E-state index contributed by atoms with van der Waals surface area (Å²) >= 11 is 0. The normalized spacial score (nSPS) is 11.9. The molecule has 140 valence electrons. The largest absolute Gasteiger partial charge is 0.507 e. The first-order valence-electron chi connectivity index (χ1n) is 8.29. The van der Waals surface area contributed by atoms with Crippen molar-refractivity contribution in [3.63, 3.8) is 0 Å². The zero-order valence-electron chi connectivity index (χ0n) is 14.1. The lowest BCUT2D eigenvalue weighted by Gasteiger charge is -2.08. The van der Waals surface area contributed by atoms with Crippen LogP contribution in [-0.2, 0) is 9.53 Å². The first-order chi connectivity index (χ1) is 12.0. The molecular formula is C17H26N2O6. The predicted molar refractivity (Wildman–Crippen MR) is 91.6 cm³/mol. The topological polar surface area (TPSA) is 128 Å². The van der Waals surface area contributed by atoms with Gasteiger partial charge < -0.3 is 30.7 Å². The summed E-state index contributed by atoms with van der Waals surface area (Å²) in [6.45, 7) is 2.93. The number of esters is 1.